The Balaban J connectivity index is 1.56. The summed E-state index contributed by atoms with van der Waals surface area (Å²) < 4.78 is 17.0. The summed E-state index contributed by atoms with van der Waals surface area (Å²) in [5.74, 6) is -0.738. The van der Waals surface area contributed by atoms with E-state index in [4.69, 9.17) is 14.2 Å². The van der Waals surface area contributed by atoms with E-state index in [0.717, 1.165) is 5.56 Å². The molecule has 0 spiro atoms. The van der Waals surface area contributed by atoms with Crippen LogP contribution in [-0.2, 0) is 20.8 Å². The van der Waals surface area contributed by atoms with Crippen molar-refractivity contribution >= 4 is 6.09 Å². The molecule has 1 aliphatic heterocycles. The average molecular weight is 321 g/mol. The maximum atomic E-state index is 12.0. The molecule has 6 nitrogen and oxygen atoms in total. The van der Waals surface area contributed by atoms with Crippen molar-refractivity contribution in [2.45, 2.75) is 50.9 Å². The van der Waals surface area contributed by atoms with Gasteiger partial charge in [0.2, 0.25) is 0 Å². The molecule has 1 heterocycles. The number of amides is 1. The molecule has 1 aromatic rings. The number of aliphatic hydroxyl groups is 1. The van der Waals surface area contributed by atoms with Crippen LogP contribution in [0.3, 0.4) is 0 Å². The SMILES string of the molecule is CC1(C)O[C@@H]2[C@H](CO)C[C@@H](NC(=O)OCc3ccccc3)[C@@H]2O1. The van der Waals surface area contributed by atoms with Crippen molar-refractivity contribution in [3.63, 3.8) is 0 Å². The van der Waals surface area contributed by atoms with E-state index in [1.807, 2.05) is 44.2 Å². The summed E-state index contributed by atoms with van der Waals surface area (Å²) in [5, 5.41) is 12.4. The van der Waals surface area contributed by atoms with Gasteiger partial charge in [0, 0.05) is 12.5 Å². The van der Waals surface area contributed by atoms with Gasteiger partial charge in [-0.05, 0) is 25.8 Å². The highest BCUT2D eigenvalue weighted by Crippen LogP contribution is 2.41. The molecule has 126 valence electrons. The molecule has 1 saturated heterocycles. The number of nitrogens with one attached hydrogen (secondary N) is 1. The molecular weight excluding hydrogens is 298 g/mol. The highest BCUT2D eigenvalue weighted by Gasteiger charge is 2.54. The van der Waals surface area contributed by atoms with Gasteiger partial charge in [0.1, 0.15) is 12.7 Å². The van der Waals surface area contributed by atoms with Gasteiger partial charge in [-0.1, -0.05) is 30.3 Å². The van der Waals surface area contributed by atoms with Crippen LogP contribution in [0.25, 0.3) is 0 Å². The molecule has 0 bridgehead atoms. The molecule has 3 rings (SSSR count). The summed E-state index contributed by atoms with van der Waals surface area (Å²) in [7, 11) is 0. The van der Waals surface area contributed by atoms with Gasteiger partial charge in [0.05, 0.1) is 12.1 Å². The van der Waals surface area contributed by atoms with Crippen LogP contribution in [0.4, 0.5) is 4.79 Å². The predicted molar refractivity (Wildman–Crippen MR) is 82.6 cm³/mol. The lowest BCUT2D eigenvalue weighted by Crippen LogP contribution is -2.43. The van der Waals surface area contributed by atoms with E-state index in [1.54, 1.807) is 0 Å². The van der Waals surface area contributed by atoms with Crippen molar-refractivity contribution in [1.29, 1.82) is 0 Å². The lowest BCUT2D eigenvalue weighted by atomic mass is 10.1. The Morgan fingerprint density at radius 3 is 2.70 bits per heavy atom. The van der Waals surface area contributed by atoms with Crippen molar-refractivity contribution in [2.75, 3.05) is 6.61 Å². The van der Waals surface area contributed by atoms with Crippen molar-refractivity contribution in [2.24, 2.45) is 5.92 Å². The third kappa shape index (κ3) is 3.65. The van der Waals surface area contributed by atoms with E-state index < -0.39 is 11.9 Å². The molecule has 6 heteroatoms. The quantitative estimate of drug-likeness (QED) is 0.884. The van der Waals surface area contributed by atoms with E-state index >= 15 is 0 Å². The molecule has 2 fully saturated rings. The fraction of sp³-hybridized carbons (Fsp3) is 0.588. The zero-order chi connectivity index (χ0) is 16.4. The number of carbonyl (C=O) groups is 1. The topological polar surface area (TPSA) is 77.0 Å². The molecule has 1 aliphatic carbocycles. The van der Waals surface area contributed by atoms with Crippen molar-refractivity contribution in [1.82, 2.24) is 5.32 Å². The number of aliphatic hydroxyl groups excluding tert-OH is 1. The van der Waals surface area contributed by atoms with Gasteiger partial charge in [-0.15, -0.1) is 0 Å². The fourth-order valence-electron chi connectivity index (χ4n) is 3.32. The molecule has 0 aromatic heterocycles. The van der Waals surface area contributed by atoms with Crippen LogP contribution < -0.4 is 5.32 Å². The summed E-state index contributed by atoms with van der Waals surface area (Å²) in [6.45, 7) is 3.91. The zero-order valence-electron chi connectivity index (χ0n) is 13.4. The molecule has 1 amide bonds. The van der Waals surface area contributed by atoms with Crippen molar-refractivity contribution in [3.05, 3.63) is 35.9 Å². The summed E-state index contributed by atoms with van der Waals surface area (Å²) in [5.41, 5.74) is 0.932. The zero-order valence-corrected chi connectivity index (χ0v) is 13.4. The highest BCUT2D eigenvalue weighted by atomic mass is 16.8. The lowest BCUT2D eigenvalue weighted by molar-refractivity contribution is -0.160. The van der Waals surface area contributed by atoms with Gasteiger partial charge in [0.15, 0.2) is 5.79 Å². The van der Waals surface area contributed by atoms with Crippen molar-refractivity contribution < 1.29 is 24.1 Å². The summed E-state index contributed by atoms with van der Waals surface area (Å²) >= 11 is 0. The largest absolute Gasteiger partial charge is 0.445 e. The number of alkyl carbamates (subject to hydrolysis) is 1. The number of ether oxygens (including phenoxy) is 3. The molecular formula is C17H23NO5. The van der Waals surface area contributed by atoms with E-state index in [9.17, 15) is 9.90 Å². The number of rotatable bonds is 4. The Morgan fingerprint density at radius 2 is 2.00 bits per heavy atom. The monoisotopic (exact) mass is 321 g/mol. The first-order valence-electron chi connectivity index (χ1n) is 7.92. The number of carbonyl (C=O) groups excluding carboxylic acids is 1. The van der Waals surface area contributed by atoms with Gasteiger partial charge in [-0.25, -0.2) is 4.79 Å². The minimum Gasteiger partial charge on any atom is -0.445 e. The smallest absolute Gasteiger partial charge is 0.407 e. The van der Waals surface area contributed by atoms with Gasteiger partial charge in [-0.3, -0.25) is 0 Å². The maximum Gasteiger partial charge on any atom is 0.407 e. The molecule has 4 atom stereocenters. The van der Waals surface area contributed by atoms with Gasteiger partial charge in [0.25, 0.3) is 0 Å². The van der Waals surface area contributed by atoms with Crippen LogP contribution in [0, 0.1) is 5.92 Å². The van der Waals surface area contributed by atoms with Gasteiger partial charge >= 0.3 is 6.09 Å². The Morgan fingerprint density at radius 1 is 1.30 bits per heavy atom. The number of benzene rings is 1. The normalized spacial score (nSPS) is 31.6. The molecule has 2 N–H and O–H groups in total. The molecule has 0 unspecified atom stereocenters. The van der Waals surface area contributed by atoms with Crippen molar-refractivity contribution in [3.8, 4) is 0 Å². The average Bonchev–Trinajstić information content (AvgIpc) is 3.00. The van der Waals surface area contributed by atoms with Crippen LogP contribution in [-0.4, -0.2) is 41.8 Å². The van der Waals surface area contributed by atoms with Gasteiger partial charge in [-0.2, -0.15) is 0 Å². The van der Waals surface area contributed by atoms with E-state index in [2.05, 4.69) is 5.32 Å². The second kappa shape index (κ2) is 6.47. The summed E-state index contributed by atoms with van der Waals surface area (Å²) in [6, 6.07) is 9.29. The summed E-state index contributed by atoms with van der Waals surface area (Å²) in [6.07, 6.45) is -0.326. The molecule has 1 saturated carbocycles. The van der Waals surface area contributed by atoms with Crippen LogP contribution in [0.5, 0.6) is 0 Å². The third-order valence-electron chi connectivity index (χ3n) is 4.33. The van der Waals surface area contributed by atoms with E-state index in [-0.39, 0.29) is 37.4 Å². The number of hydrogen-bond acceptors (Lipinski definition) is 5. The minimum absolute atomic E-state index is 0.0118. The number of fused-ring (bicyclic) bond motifs is 1. The highest BCUT2D eigenvalue weighted by molar-refractivity contribution is 5.67. The van der Waals surface area contributed by atoms with Crippen LogP contribution in [0.2, 0.25) is 0 Å². The Bertz CT molecular complexity index is 547. The second-order valence-corrected chi connectivity index (χ2v) is 6.56. The Labute approximate surface area is 135 Å². The first-order chi connectivity index (χ1) is 11.0. The lowest BCUT2D eigenvalue weighted by Gasteiger charge is -2.23. The standard InChI is InChI=1S/C17H23NO5/c1-17(2)22-14-12(9-19)8-13(15(14)23-17)18-16(20)21-10-11-6-4-3-5-7-11/h3-7,12-15,19H,8-10H2,1-2H3,(H,18,20)/t12-,13+,14+,15-/m0/s1. The summed E-state index contributed by atoms with van der Waals surface area (Å²) in [4.78, 5) is 12.0. The molecule has 23 heavy (non-hydrogen) atoms. The van der Waals surface area contributed by atoms with E-state index in [1.165, 1.54) is 0 Å². The Hall–Kier alpha value is -1.63. The maximum absolute atomic E-state index is 12.0. The predicted octanol–water partition coefficient (Wildman–Crippen LogP) is 1.81. The number of hydrogen-bond donors (Lipinski definition) is 2. The van der Waals surface area contributed by atoms with Gasteiger partial charge < -0.3 is 24.6 Å². The molecule has 2 aliphatic rings. The minimum atomic E-state index is -0.697. The van der Waals surface area contributed by atoms with Crippen LogP contribution in [0.1, 0.15) is 25.8 Å². The van der Waals surface area contributed by atoms with Crippen LogP contribution >= 0.6 is 0 Å². The molecule has 0 radical (unpaired) electrons. The second-order valence-electron chi connectivity index (χ2n) is 6.56. The fourth-order valence-corrected chi connectivity index (χ4v) is 3.32. The third-order valence-corrected chi connectivity index (χ3v) is 4.33. The van der Waals surface area contributed by atoms with E-state index in [0.29, 0.717) is 6.42 Å². The molecule has 1 aromatic carbocycles. The van der Waals surface area contributed by atoms with Crippen LogP contribution in [0.15, 0.2) is 30.3 Å². The first kappa shape index (κ1) is 16.2. The first-order valence-corrected chi connectivity index (χ1v) is 7.92. The Kier molecular flexibility index (Phi) is 4.57.